The van der Waals surface area contributed by atoms with Gasteiger partial charge in [0.05, 0.1) is 12.7 Å². The van der Waals surface area contributed by atoms with E-state index in [1.807, 2.05) is 6.08 Å². The third-order valence-electron chi connectivity index (χ3n) is 4.93. The largest absolute Gasteiger partial charge is 0.414 e. The fourth-order valence-corrected chi connectivity index (χ4v) is 3.50. The molecule has 0 radical (unpaired) electrons. The Morgan fingerprint density at radius 2 is 1.30 bits per heavy atom. The van der Waals surface area contributed by atoms with E-state index >= 15 is 0 Å². The Bertz CT molecular complexity index is 322. The minimum Gasteiger partial charge on any atom is -0.414 e. The lowest BCUT2D eigenvalue weighted by Gasteiger charge is -2.41. The van der Waals surface area contributed by atoms with Crippen LogP contribution < -0.4 is 0 Å². The van der Waals surface area contributed by atoms with E-state index in [2.05, 4.69) is 74.3 Å². The van der Waals surface area contributed by atoms with Crippen LogP contribution in [-0.2, 0) is 8.85 Å². The van der Waals surface area contributed by atoms with Crippen LogP contribution in [0, 0.1) is 0 Å². The van der Waals surface area contributed by atoms with Crippen LogP contribution in [0.3, 0.4) is 0 Å². The second-order valence-electron chi connectivity index (χ2n) is 8.72. The molecule has 0 spiro atoms. The van der Waals surface area contributed by atoms with Crippen LogP contribution in [0.1, 0.15) is 41.5 Å². The molecule has 0 saturated carbocycles. The quantitative estimate of drug-likeness (QED) is 0.470. The fraction of sp³-hybridized carbons (Fsp3) is 0.875. The molecule has 20 heavy (non-hydrogen) atoms. The SMILES string of the molecule is C=C[C@@H](CO[Si](C)(C)C(C)(C)C)O[Si](C)(C)C(C)(C)C. The van der Waals surface area contributed by atoms with E-state index in [4.69, 9.17) is 8.85 Å². The summed E-state index contributed by atoms with van der Waals surface area (Å²) >= 11 is 0. The van der Waals surface area contributed by atoms with Crippen LogP contribution in [0.2, 0.25) is 36.3 Å². The molecule has 2 nitrogen and oxygen atoms in total. The average molecular weight is 317 g/mol. The Balaban J connectivity index is 4.72. The normalized spacial score (nSPS) is 16.1. The summed E-state index contributed by atoms with van der Waals surface area (Å²) in [6.07, 6.45) is 1.90. The summed E-state index contributed by atoms with van der Waals surface area (Å²) in [4.78, 5) is 0. The zero-order chi connectivity index (χ0) is 16.4. The standard InChI is InChI=1S/C16H36O2Si2/c1-12-14(18-20(10,11)16(5,6)7)13-17-19(8,9)15(2,3)4/h12,14H,1,13H2,2-11H3/t14-/m0/s1. The van der Waals surface area contributed by atoms with Crippen molar-refractivity contribution in [3.8, 4) is 0 Å². The Hall–Kier alpha value is 0.0938. The zero-order valence-electron chi connectivity index (χ0n) is 15.4. The van der Waals surface area contributed by atoms with Gasteiger partial charge in [-0.05, 0) is 36.3 Å². The predicted molar refractivity (Wildman–Crippen MR) is 95.4 cm³/mol. The zero-order valence-corrected chi connectivity index (χ0v) is 17.4. The molecule has 0 aliphatic carbocycles. The van der Waals surface area contributed by atoms with Crippen molar-refractivity contribution in [2.75, 3.05) is 6.61 Å². The summed E-state index contributed by atoms with van der Waals surface area (Å²) in [5.74, 6) is 0. The first-order chi connectivity index (χ1) is 8.64. The van der Waals surface area contributed by atoms with Gasteiger partial charge in [-0.2, -0.15) is 0 Å². The summed E-state index contributed by atoms with van der Waals surface area (Å²) in [5.41, 5.74) is 0. The molecule has 0 aromatic carbocycles. The smallest absolute Gasteiger partial charge is 0.192 e. The summed E-state index contributed by atoms with van der Waals surface area (Å²) < 4.78 is 12.6. The molecule has 120 valence electrons. The van der Waals surface area contributed by atoms with Crippen molar-refractivity contribution in [2.24, 2.45) is 0 Å². The highest BCUT2D eigenvalue weighted by Crippen LogP contribution is 2.39. The summed E-state index contributed by atoms with van der Waals surface area (Å²) in [6.45, 7) is 27.2. The van der Waals surface area contributed by atoms with Crippen LogP contribution in [0.25, 0.3) is 0 Å². The summed E-state index contributed by atoms with van der Waals surface area (Å²) in [7, 11) is -3.48. The maximum absolute atomic E-state index is 6.38. The minimum atomic E-state index is -1.77. The number of hydrogen-bond acceptors (Lipinski definition) is 2. The molecule has 0 amide bonds. The third kappa shape index (κ3) is 5.47. The molecule has 0 fully saturated rings. The van der Waals surface area contributed by atoms with Crippen molar-refractivity contribution in [3.05, 3.63) is 12.7 Å². The molecule has 0 aromatic heterocycles. The Morgan fingerprint density at radius 1 is 0.900 bits per heavy atom. The van der Waals surface area contributed by atoms with Crippen molar-refractivity contribution in [2.45, 2.75) is 83.9 Å². The summed E-state index contributed by atoms with van der Waals surface area (Å²) in [6, 6.07) is 0. The Kier molecular flexibility index (Phi) is 6.50. The maximum Gasteiger partial charge on any atom is 0.192 e. The second kappa shape index (κ2) is 6.47. The lowest BCUT2D eigenvalue weighted by molar-refractivity contribution is 0.141. The molecular formula is C16H36O2Si2. The van der Waals surface area contributed by atoms with Gasteiger partial charge >= 0.3 is 0 Å². The van der Waals surface area contributed by atoms with Crippen LogP contribution in [0.15, 0.2) is 12.7 Å². The van der Waals surface area contributed by atoms with Gasteiger partial charge in [0.1, 0.15) is 0 Å². The van der Waals surface area contributed by atoms with E-state index in [0.29, 0.717) is 6.61 Å². The van der Waals surface area contributed by atoms with Crippen LogP contribution in [-0.4, -0.2) is 29.3 Å². The van der Waals surface area contributed by atoms with Gasteiger partial charge in [0.15, 0.2) is 16.6 Å². The molecule has 0 rings (SSSR count). The van der Waals surface area contributed by atoms with Crippen molar-refractivity contribution in [1.82, 2.24) is 0 Å². The maximum atomic E-state index is 6.38. The monoisotopic (exact) mass is 316 g/mol. The van der Waals surface area contributed by atoms with Crippen molar-refractivity contribution in [3.63, 3.8) is 0 Å². The Labute approximate surface area is 129 Å². The summed E-state index contributed by atoms with van der Waals surface area (Å²) in [5, 5.41) is 0.445. The predicted octanol–water partition coefficient (Wildman–Crippen LogP) is 5.58. The van der Waals surface area contributed by atoms with Gasteiger partial charge < -0.3 is 8.85 Å². The van der Waals surface area contributed by atoms with Gasteiger partial charge in [0.2, 0.25) is 0 Å². The lowest BCUT2D eigenvalue weighted by atomic mass is 10.2. The van der Waals surface area contributed by atoms with Crippen molar-refractivity contribution < 1.29 is 8.85 Å². The van der Waals surface area contributed by atoms with Gasteiger partial charge in [0.25, 0.3) is 0 Å². The highest BCUT2D eigenvalue weighted by Gasteiger charge is 2.40. The van der Waals surface area contributed by atoms with E-state index < -0.39 is 16.6 Å². The van der Waals surface area contributed by atoms with Gasteiger partial charge in [-0.15, -0.1) is 6.58 Å². The molecule has 1 atom stereocenters. The average Bonchev–Trinajstić information content (AvgIpc) is 2.20. The number of hydrogen-bond donors (Lipinski definition) is 0. The molecular weight excluding hydrogens is 280 g/mol. The molecule has 0 heterocycles. The molecule has 4 heteroatoms. The highest BCUT2D eigenvalue weighted by atomic mass is 28.4. The van der Waals surface area contributed by atoms with Crippen molar-refractivity contribution in [1.29, 1.82) is 0 Å². The van der Waals surface area contributed by atoms with Gasteiger partial charge in [-0.25, -0.2) is 0 Å². The van der Waals surface area contributed by atoms with Crippen LogP contribution in [0.5, 0.6) is 0 Å². The van der Waals surface area contributed by atoms with Crippen LogP contribution >= 0.6 is 0 Å². The lowest BCUT2D eigenvalue weighted by Crippen LogP contribution is -2.47. The molecule has 0 aliphatic heterocycles. The molecule has 0 aromatic rings. The first-order valence-electron chi connectivity index (χ1n) is 7.58. The molecule has 0 unspecified atom stereocenters. The van der Waals surface area contributed by atoms with Gasteiger partial charge in [0, 0.05) is 0 Å². The van der Waals surface area contributed by atoms with Gasteiger partial charge in [-0.1, -0.05) is 47.6 Å². The molecule has 0 aliphatic rings. The van der Waals surface area contributed by atoms with E-state index in [0.717, 1.165) is 0 Å². The molecule has 0 N–H and O–H groups in total. The van der Waals surface area contributed by atoms with Crippen molar-refractivity contribution >= 4 is 16.6 Å². The third-order valence-corrected chi connectivity index (χ3v) is 13.9. The van der Waals surface area contributed by atoms with E-state index in [1.165, 1.54) is 0 Å². The van der Waals surface area contributed by atoms with E-state index in [9.17, 15) is 0 Å². The molecule has 0 bridgehead atoms. The topological polar surface area (TPSA) is 18.5 Å². The van der Waals surface area contributed by atoms with Crippen LogP contribution in [0.4, 0.5) is 0 Å². The van der Waals surface area contributed by atoms with E-state index in [1.54, 1.807) is 0 Å². The first kappa shape index (κ1) is 20.1. The molecule has 0 saturated heterocycles. The minimum absolute atomic E-state index is 0.00465. The number of rotatable bonds is 6. The second-order valence-corrected chi connectivity index (χ2v) is 18.3. The fourth-order valence-electron chi connectivity index (χ4n) is 1.21. The highest BCUT2D eigenvalue weighted by molar-refractivity contribution is 6.74. The first-order valence-corrected chi connectivity index (χ1v) is 13.4. The Morgan fingerprint density at radius 3 is 1.60 bits per heavy atom. The van der Waals surface area contributed by atoms with Gasteiger partial charge in [-0.3, -0.25) is 0 Å². The van der Waals surface area contributed by atoms with E-state index in [-0.39, 0.29) is 16.2 Å².